The van der Waals surface area contributed by atoms with Gasteiger partial charge in [0.15, 0.2) is 0 Å². The Hall–Kier alpha value is -2.37. The number of carboxylic acid groups (broad SMARTS) is 1. The number of aromatic nitrogens is 3. The second-order valence-corrected chi connectivity index (χ2v) is 4.75. The van der Waals surface area contributed by atoms with Crippen LogP contribution in [0.3, 0.4) is 0 Å². The van der Waals surface area contributed by atoms with Crippen molar-refractivity contribution in [3.8, 4) is 11.3 Å². The summed E-state index contributed by atoms with van der Waals surface area (Å²) in [6.45, 7) is 1.91. The van der Waals surface area contributed by atoms with Gasteiger partial charge in [-0.05, 0) is 31.4 Å². The summed E-state index contributed by atoms with van der Waals surface area (Å²) in [4.78, 5) is 22.3. The molecule has 2 aromatic heterocycles. The molecule has 0 saturated heterocycles. The lowest BCUT2D eigenvalue weighted by molar-refractivity contribution is 0.0691. The number of nitrogens with one attached hydrogen (secondary N) is 2. The molecule has 0 unspecified atom stereocenters. The molecule has 0 atom stereocenters. The van der Waals surface area contributed by atoms with Crippen LogP contribution in [0.5, 0.6) is 0 Å². The van der Waals surface area contributed by atoms with E-state index in [1.165, 1.54) is 0 Å². The van der Waals surface area contributed by atoms with Crippen LogP contribution in [0, 0.1) is 6.92 Å². The molecule has 98 valence electrons. The van der Waals surface area contributed by atoms with E-state index in [1.807, 2.05) is 6.92 Å². The Morgan fingerprint density at radius 3 is 2.95 bits per heavy atom. The van der Waals surface area contributed by atoms with Crippen LogP contribution in [0.1, 0.15) is 28.9 Å². The Bertz CT molecular complexity index is 631. The second kappa shape index (κ2) is 4.38. The summed E-state index contributed by atoms with van der Waals surface area (Å²) in [6.07, 6.45) is 5.71. The molecule has 1 aliphatic rings. The summed E-state index contributed by atoms with van der Waals surface area (Å²) in [7, 11) is 0. The lowest BCUT2D eigenvalue weighted by Crippen LogP contribution is -2.06. The Morgan fingerprint density at radius 2 is 2.32 bits per heavy atom. The summed E-state index contributed by atoms with van der Waals surface area (Å²) in [5.41, 5.74) is 2.58. The van der Waals surface area contributed by atoms with Gasteiger partial charge in [0.2, 0.25) is 5.95 Å². The predicted octanol–water partition coefficient (Wildman–Crippen LogP) is 2.05. The van der Waals surface area contributed by atoms with Crippen LogP contribution in [0.4, 0.5) is 5.95 Å². The number of rotatable bonds is 4. The average molecular weight is 258 g/mol. The third-order valence-electron chi connectivity index (χ3n) is 3.07. The fourth-order valence-electron chi connectivity index (χ4n) is 1.87. The van der Waals surface area contributed by atoms with Crippen molar-refractivity contribution in [3.63, 3.8) is 0 Å². The molecule has 1 saturated carbocycles. The molecule has 1 aliphatic carbocycles. The van der Waals surface area contributed by atoms with Crippen molar-refractivity contribution in [1.29, 1.82) is 0 Å². The van der Waals surface area contributed by atoms with Crippen molar-refractivity contribution in [2.45, 2.75) is 25.8 Å². The molecule has 0 spiro atoms. The van der Waals surface area contributed by atoms with E-state index in [1.54, 1.807) is 18.5 Å². The number of hydrogen-bond acceptors (Lipinski definition) is 4. The van der Waals surface area contributed by atoms with Gasteiger partial charge in [-0.25, -0.2) is 14.8 Å². The molecule has 0 amide bonds. The first-order valence-electron chi connectivity index (χ1n) is 6.16. The van der Waals surface area contributed by atoms with E-state index in [2.05, 4.69) is 20.3 Å². The molecular formula is C13H14N4O2. The zero-order valence-electron chi connectivity index (χ0n) is 10.5. The molecular weight excluding hydrogens is 244 g/mol. The number of aromatic carboxylic acids is 1. The SMILES string of the molecule is Cc1cnc(NC2CC2)nc1-c1c[nH]c(C(=O)O)c1. The fraction of sp³-hybridized carbons (Fsp3) is 0.308. The highest BCUT2D eigenvalue weighted by Gasteiger charge is 2.22. The minimum Gasteiger partial charge on any atom is -0.477 e. The van der Waals surface area contributed by atoms with Crippen LogP contribution in [0.2, 0.25) is 0 Å². The van der Waals surface area contributed by atoms with Crippen molar-refractivity contribution >= 4 is 11.9 Å². The predicted molar refractivity (Wildman–Crippen MR) is 70.2 cm³/mol. The number of aryl methyl sites for hydroxylation is 1. The lowest BCUT2D eigenvalue weighted by Gasteiger charge is -2.06. The molecule has 2 aromatic rings. The highest BCUT2D eigenvalue weighted by molar-refractivity contribution is 5.87. The van der Waals surface area contributed by atoms with E-state index in [-0.39, 0.29) is 5.69 Å². The summed E-state index contributed by atoms with van der Waals surface area (Å²) >= 11 is 0. The number of anilines is 1. The first kappa shape index (κ1) is 11.7. The topological polar surface area (TPSA) is 90.9 Å². The van der Waals surface area contributed by atoms with Gasteiger partial charge < -0.3 is 15.4 Å². The normalized spacial score (nSPS) is 14.4. The zero-order chi connectivity index (χ0) is 13.4. The van der Waals surface area contributed by atoms with Gasteiger partial charge in [-0.3, -0.25) is 0 Å². The van der Waals surface area contributed by atoms with Gasteiger partial charge in [-0.2, -0.15) is 0 Å². The van der Waals surface area contributed by atoms with Gasteiger partial charge >= 0.3 is 5.97 Å². The Morgan fingerprint density at radius 1 is 1.53 bits per heavy atom. The Kier molecular flexibility index (Phi) is 2.70. The van der Waals surface area contributed by atoms with Crippen molar-refractivity contribution in [2.75, 3.05) is 5.32 Å². The van der Waals surface area contributed by atoms with Crippen molar-refractivity contribution in [2.24, 2.45) is 0 Å². The smallest absolute Gasteiger partial charge is 0.352 e. The van der Waals surface area contributed by atoms with E-state index in [0.29, 0.717) is 12.0 Å². The third-order valence-corrected chi connectivity index (χ3v) is 3.07. The van der Waals surface area contributed by atoms with Crippen molar-refractivity contribution in [3.05, 3.63) is 29.7 Å². The Labute approximate surface area is 109 Å². The maximum Gasteiger partial charge on any atom is 0.352 e. The van der Waals surface area contributed by atoms with E-state index < -0.39 is 5.97 Å². The maximum absolute atomic E-state index is 10.9. The van der Waals surface area contributed by atoms with Crippen molar-refractivity contribution < 1.29 is 9.90 Å². The zero-order valence-corrected chi connectivity index (χ0v) is 10.5. The number of H-pyrrole nitrogens is 1. The van der Waals surface area contributed by atoms with E-state index in [0.717, 1.165) is 29.7 Å². The number of carboxylic acids is 1. The number of carbonyl (C=O) groups is 1. The molecule has 19 heavy (non-hydrogen) atoms. The van der Waals surface area contributed by atoms with Crippen LogP contribution >= 0.6 is 0 Å². The summed E-state index contributed by atoms with van der Waals surface area (Å²) < 4.78 is 0. The average Bonchev–Trinajstić information content (AvgIpc) is 3.05. The van der Waals surface area contributed by atoms with Gasteiger partial charge in [0.1, 0.15) is 5.69 Å². The van der Waals surface area contributed by atoms with Gasteiger partial charge in [0.05, 0.1) is 5.69 Å². The molecule has 0 bridgehead atoms. The maximum atomic E-state index is 10.9. The second-order valence-electron chi connectivity index (χ2n) is 4.75. The highest BCUT2D eigenvalue weighted by Crippen LogP contribution is 2.26. The van der Waals surface area contributed by atoms with Gasteiger partial charge in [-0.1, -0.05) is 0 Å². The summed E-state index contributed by atoms with van der Waals surface area (Å²) in [6, 6.07) is 2.06. The molecule has 3 rings (SSSR count). The highest BCUT2D eigenvalue weighted by atomic mass is 16.4. The van der Waals surface area contributed by atoms with Crippen LogP contribution in [0.25, 0.3) is 11.3 Å². The van der Waals surface area contributed by atoms with Crippen molar-refractivity contribution in [1.82, 2.24) is 15.0 Å². The van der Waals surface area contributed by atoms with Crippen LogP contribution in [-0.4, -0.2) is 32.1 Å². The quantitative estimate of drug-likeness (QED) is 0.780. The lowest BCUT2D eigenvalue weighted by atomic mass is 10.1. The first-order chi connectivity index (χ1) is 9.13. The molecule has 2 heterocycles. The number of nitrogens with zero attached hydrogens (tertiary/aromatic N) is 2. The number of hydrogen-bond donors (Lipinski definition) is 3. The Balaban J connectivity index is 1.94. The van der Waals surface area contributed by atoms with Gasteiger partial charge in [-0.15, -0.1) is 0 Å². The minimum atomic E-state index is -0.978. The first-order valence-corrected chi connectivity index (χ1v) is 6.16. The van der Waals surface area contributed by atoms with Crippen LogP contribution in [-0.2, 0) is 0 Å². The standard InChI is InChI=1S/C13H14N4O2/c1-7-5-15-13(16-9-2-3-9)17-11(7)8-4-10(12(18)19)14-6-8/h4-6,9,14H,2-3H2,1H3,(H,18,19)(H,15,16,17). The summed E-state index contributed by atoms with van der Waals surface area (Å²) in [5.74, 6) is -0.379. The largest absolute Gasteiger partial charge is 0.477 e. The molecule has 0 radical (unpaired) electrons. The number of aromatic amines is 1. The molecule has 0 aliphatic heterocycles. The monoisotopic (exact) mass is 258 g/mol. The van der Waals surface area contributed by atoms with E-state index in [9.17, 15) is 4.79 Å². The van der Waals surface area contributed by atoms with Crippen LogP contribution < -0.4 is 5.32 Å². The molecule has 3 N–H and O–H groups in total. The van der Waals surface area contributed by atoms with Gasteiger partial charge in [0.25, 0.3) is 0 Å². The fourth-order valence-corrected chi connectivity index (χ4v) is 1.87. The third kappa shape index (κ3) is 2.42. The molecule has 6 heteroatoms. The molecule has 1 fully saturated rings. The molecule has 6 nitrogen and oxygen atoms in total. The minimum absolute atomic E-state index is 0.157. The van der Waals surface area contributed by atoms with Gasteiger partial charge in [0, 0.05) is 24.0 Å². The summed E-state index contributed by atoms with van der Waals surface area (Å²) in [5, 5.41) is 12.2. The van der Waals surface area contributed by atoms with Crippen LogP contribution in [0.15, 0.2) is 18.5 Å². The molecule has 0 aromatic carbocycles. The van der Waals surface area contributed by atoms with E-state index in [4.69, 9.17) is 5.11 Å². The van der Waals surface area contributed by atoms with E-state index >= 15 is 0 Å².